The van der Waals surface area contributed by atoms with E-state index in [1.54, 1.807) is 12.1 Å². The molecule has 0 radical (unpaired) electrons. The van der Waals surface area contributed by atoms with Crippen molar-refractivity contribution in [2.75, 3.05) is 13.1 Å². The summed E-state index contributed by atoms with van der Waals surface area (Å²) in [7, 11) is 0. The van der Waals surface area contributed by atoms with Gasteiger partial charge in [-0.25, -0.2) is 0 Å². The third-order valence-corrected chi connectivity index (χ3v) is 3.83. The molecule has 2 N–H and O–H groups in total. The lowest BCUT2D eigenvalue weighted by molar-refractivity contribution is -0.385. The molecule has 104 valence electrons. The Balaban J connectivity index is 2.16. The molecular formula is C14H21N3O2. The van der Waals surface area contributed by atoms with Crippen LogP contribution in [0.2, 0.25) is 0 Å². The van der Waals surface area contributed by atoms with Crippen LogP contribution in [0.5, 0.6) is 0 Å². The number of likely N-dealkylation sites (tertiary alicyclic amines) is 1. The minimum Gasteiger partial charge on any atom is -0.327 e. The molecule has 1 aliphatic heterocycles. The van der Waals surface area contributed by atoms with Gasteiger partial charge in [0.1, 0.15) is 0 Å². The van der Waals surface area contributed by atoms with Gasteiger partial charge in [0.15, 0.2) is 0 Å². The van der Waals surface area contributed by atoms with Crippen LogP contribution in [-0.2, 0) is 0 Å². The van der Waals surface area contributed by atoms with Crippen LogP contribution >= 0.6 is 0 Å². The minimum absolute atomic E-state index is 0.152. The van der Waals surface area contributed by atoms with Gasteiger partial charge in [0.2, 0.25) is 0 Å². The van der Waals surface area contributed by atoms with Gasteiger partial charge in [0.05, 0.1) is 4.92 Å². The first kappa shape index (κ1) is 14.0. The van der Waals surface area contributed by atoms with Crippen molar-refractivity contribution in [3.05, 3.63) is 39.9 Å². The highest BCUT2D eigenvalue weighted by atomic mass is 16.6. The SMILES string of the molecule is CC1CC(N)CN(C(C)c2cccc([N+](=O)[O-])c2)C1. The van der Waals surface area contributed by atoms with Crippen molar-refractivity contribution in [3.8, 4) is 0 Å². The Labute approximate surface area is 113 Å². The van der Waals surface area contributed by atoms with Gasteiger partial charge in [-0.1, -0.05) is 19.1 Å². The molecular weight excluding hydrogens is 242 g/mol. The number of hydrogen-bond acceptors (Lipinski definition) is 4. The molecule has 0 amide bonds. The third kappa shape index (κ3) is 3.30. The van der Waals surface area contributed by atoms with Gasteiger partial charge in [-0.15, -0.1) is 0 Å². The van der Waals surface area contributed by atoms with E-state index in [4.69, 9.17) is 5.73 Å². The minimum atomic E-state index is -0.346. The van der Waals surface area contributed by atoms with Crippen LogP contribution in [0, 0.1) is 16.0 Å². The number of non-ortho nitro benzene ring substituents is 1. The van der Waals surface area contributed by atoms with Gasteiger partial charge in [-0.3, -0.25) is 15.0 Å². The maximum Gasteiger partial charge on any atom is 0.269 e. The summed E-state index contributed by atoms with van der Waals surface area (Å²) < 4.78 is 0. The Morgan fingerprint density at radius 3 is 2.84 bits per heavy atom. The van der Waals surface area contributed by atoms with Crippen molar-refractivity contribution in [2.24, 2.45) is 11.7 Å². The van der Waals surface area contributed by atoms with E-state index in [-0.39, 0.29) is 22.7 Å². The first-order valence-electron chi connectivity index (χ1n) is 6.71. The first-order chi connectivity index (χ1) is 8.97. The van der Waals surface area contributed by atoms with Gasteiger partial charge in [-0.2, -0.15) is 0 Å². The lowest BCUT2D eigenvalue weighted by Gasteiger charge is -2.38. The number of hydrogen-bond donors (Lipinski definition) is 1. The second-order valence-electron chi connectivity index (χ2n) is 5.58. The average Bonchev–Trinajstić information content (AvgIpc) is 2.37. The molecule has 2 rings (SSSR count). The molecule has 5 nitrogen and oxygen atoms in total. The van der Waals surface area contributed by atoms with E-state index in [0.29, 0.717) is 5.92 Å². The van der Waals surface area contributed by atoms with Crippen LogP contribution < -0.4 is 5.73 Å². The molecule has 1 fully saturated rings. The molecule has 5 heteroatoms. The van der Waals surface area contributed by atoms with Crippen LogP contribution in [-0.4, -0.2) is 29.0 Å². The molecule has 0 saturated carbocycles. The summed E-state index contributed by atoms with van der Waals surface area (Å²) in [6.45, 7) is 6.14. The van der Waals surface area contributed by atoms with Crippen molar-refractivity contribution in [2.45, 2.75) is 32.4 Å². The van der Waals surface area contributed by atoms with Crippen LogP contribution in [0.4, 0.5) is 5.69 Å². The second kappa shape index (κ2) is 5.67. The molecule has 3 unspecified atom stereocenters. The zero-order valence-electron chi connectivity index (χ0n) is 11.5. The summed E-state index contributed by atoms with van der Waals surface area (Å²) >= 11 is 0. The number of nitrogens with zero attached hydrogens (tertiary/aromatic N) is 2. The zero-order valence-corrected chi connectivity index (χ0v) is 11.5. The van der Waals surface area contributed by atoms with Gasteiger partial charge in [0, 0.05) is 37.3 Å². The summed E-state index contributed by atoms with van der Waals surface area (Å²) in [6.07, 6.45) is 1.05. The third-order valence-electron chi connectivity index (χ3n) is 3.83. The fraction of sp³-hybridized carbons (Fsp3) is 0.571. The van der Waals surface area contributed by atoms with Crippen LogP contribution in [0.3, 0.4) is 0 Å². The van der Waals surface area contributed by atoms with Crippen LogP contribution in [0.25, 0.3) is 0 Å². The topological polar surface area (TPSA) is 72.4 Å². The molecule has 0 bridgehead atoms. The molecule has 3 atom stereocenters. The van der Waals surface area contributed by atoms with Gasteiger partial charge in [0.25, 0.3) is 5.69 Å². The predicted octanol–water partition coefficient (Wildman–Crippen LogP) is 2.32. The highest BCUT2D eigenvalue weighted by Gasteiger charge is 2.26. The highest BCUT2D eigenvalue weighted by Crippen LogP contribution is 2.27. The number of nitro groups is 1. The van der Waals surface area contributed by atoms with E-state index in [2.05, 4.69) is 18.7 Å². The quantitative estimate of drug-likeness (QED) is 0.671. The normalized spacial score (nSPS) is 26.1. The molecule has 19 heavy (non-hydrogen) atoms. The number of nitrogens with two attached hydrogens (primary N) is 1. The lowest BCUT2D eigenvalue weighted by atomic mass is 9.94. The van der Waals surface area contributed by atoms with Crippen LogP contribution in [0.15, 0.2) is 24.3 Å². The first-order valence-corrected chi connectivity index (χ1v) is 6.71. The van der Waals surface area contributed by atoms with Crippen molar-refractivity contribution >= 4 is 5.69 Å². The van der Waals surface area contributed by atoms with E-state index < -0.39 is 0 Å². The number of nitro benzene ring substituents is 1. The molecule has 0 aliphatic carbocycles. The Bertz CT molecular complexity index is 454. The average molecular weight is 263 g/mol. The van der Waals surface area contributed by atoms with Crippen molar-refractivity contribution in [3.63, 3.8) is 0 Å². The Morgan fingerprint density at radius 1 is 1.47 bits per heavy atom. The summed E-state index contributed by atoms with van der Waals surface area (Å²) in [5.41, 5.74) is 7.19. The summed E-state index contributed by atoms with van der Waals surface area (Å²) in [5.74, 6) is 0.574. The predicted molar refractivity (Wildman–Crippen MR) is 74.8 cm³/mol. The molecule has 0 aromatic heterocycles. The molecule has 1 heterocycles. The van der Waals surface area contributed by atoms with Crippen molar-refractivity contribution < 1.29 is 4.92 Å². The Morgan fingerprint density at radius 2 is 2.21 bits per heavy atom. The largest absolute Gasteiger partial charge is 0.327 e. The van der Waals surface area contributed by atoms with E-state index in [9.17, 15) is 10.1 Å². The molecule has 1 saturated heterocycles. The standard InChI is InChI=1S/C14H21N3O2/c1-10-6-13(15)9-16(8-10)11(2)12-4-3-5-14(7-12)17(18)19/h3-5,7,10-11,13H,6,8-9,15H2,1-2H3. The monoisotopic (exact) mass is 263 g/mol. The van der Waals surface area contributed by atoms with E-state index in [1.807, 2.05) is 6.07 Å². The van der Waals surface area contributed by atoms with Crippen molar-refractivity contribution in [1.82, 2.24) is 4.90 Å². The summed E-state index contributed by atoms with van der Waals surface area (Å²) in [4.78, 5) is 12.8. The van der Waals surface area contributed by atoms with E-state index >= 15 is 0 Å². The molecule has 0 spiro atoms. The van der Waals surface area contributed by atoms with Gasteiger partial charge < -0.3 is 5.73 Å². The molecule has 1 aliphatic rings. The molecule has 1 aromatic carbocycles. The number of rotatable bonds is 3. The van der Waals surface area contributed by atoms with Gasteiger partial charge in [-0.05, 0) is 24.8 Å². The smallest absolute Gasteiger partial charge is 0.269 e. The Hall–Kier alpha value is -1.46. The second-order valence-corrected chi connectivity index (χ2v) is 5.58. The van der Waals surface area contributed by atoms with Crippen molar-refractivity contribution in [1.29, 1.82) is 0 Å². The maximum absolute atomic E-state index is 10.8. The van der Waals surface area contributed by atoms with Crippen LogP contribution in [0.1, 0.15) is 31.9 Å². The fourth-order valence-corrected chi connectivity index (χ4v) is 2.87. The van der Waals surface area contributed by atoms with E-state index in [0.717, 1.165) is 25.1 Å². The molecule has 1 aromatic rings. The lowest BCUT2D eigenvalue weighted by Crippen LogP contribution is -2.47. The summed E-state index contributed by atoms with van der Waals surface area (Å²) in [6, 6.07) is 7.24. The van der Waals surface area contributed by atoms with E-state index in [1.165, 1.54) is 6.07 Å². The van der Waals surface area contributed by atoms with Gasteiger partial charge >= 0.3 is 0 Å². The highest BCUT2D eigenvalue weighted by molar-refractivity contribution is 5.35. The fourth-order valence-electron chi connectivity index (χ4n) is 2.87. The Kier molecular flexibility index (Phi) is 4.17. The zero-order chi connectivity index (χ0) is 14.0. The summed E-state index contributed by atoms with van der Waals surface area (Å²) in [5, 5.41) is 10.8. The number of benzene rings is 1. The maximum atomic E-state index is 10.8. The number of piperidine rings is 1.